The summed E-state index contributed by atoms with van der Waals surface area (Å²) in [5.74, 6) is -5.14. The van der Waals surface area contributed by atoms with E-state index in [-0.39, 0.29) is 50.5 Å². The van der Waals surface area contributed by atoms with Crippen LogP contribution < -0.4 is 43.8 Å². The third kappa shape index (κ3) is 16.4. The van der Waals surface area contributed by atoms with E-state index in [0.29, 0.717) is 12.1 Å². The van der Waals surface area contributed by atoms with Crippen LogP contribution in [-0.2, 0) is 41.6 Å². The Labute approximate surface area is 316 Å². The Bertz CT molecular complexity index is 1550. The average molecular weight is 753 g/mol. The van der Waals surface area contributed by atoms with Gasteiger partial charge in [-0.25, -0.2) is 4.79 Å². The maximum atomic E-state index is 13.8. The molecule has 296 valence electrons. The van der Waals surface area contributed by atoms with Crippen molar-refractivity contribution in [2.45, 2.75) is 96.4 Å². The van der Waals surface area contributed by atoms with Gasteiger partial charge in [-0.3, -0.25) is 33.9 Å². The molecule has 0 bridgehead atoms. The number of nitrogens with one attached hydrogen (secondary N) is 5. The zero-order valence-corrected chi connectivity index (χ0v) is 31.4. The molecule has 0 aliphatic rings. The molecule has 0 aliphatic heterocycles. The van der Waals surface area contributed by atoms with Crippen molar-refractivity contribution in [3.05, 3.63) is 66.0 Å². The van der Waals surface area contributed by atoms with Crippen molar-refractivity contribution >= 4 is 41.5 Å². The number of aliphatic carboxylic acids is 1. The Balaban J connectivity index is 2.17. The number of carboxylic acids is 1. The van der Waals surface area contributed by atoms with Crippen LogP contribution in [0.15, 0.2) is 59.7 Å². The summed E-state index contributed by atoms with van der Waals surface area (Å²) >= 11 is 0. The Kier molecular flexibility index (Phi) is 19.1. The minimum atomic E-state index is -1.22. The first-order chi connectivity index (χ1) is 25.6. The molecule has 0 fully saturated rings. The van der Waals surface area contributed by atoms with Gasteiger partial charge >= 0.3 is 5.97 Å². The Morgan fingerprint density at radius 2 is 1.44 bits per heavy atom. The van der Waals surface area contributed by atoms with Crippen molar-refractivity contribution in [1.82, 2.24) is 31.6 Å². The van der Waals surface area contributed by atoms with Crippen LogP contribution in [0, 0.1) is 11.8 Å². The lowest BCUT2D eigenvalue weighted by Crippen LogP contribution is -2.59. The number of carbonyl (C=O) groups excluding carboxylic acids is 5. The van der Waals surface area contributed by atoms with E-state index in [1.807, 2.05) is 51.1 Å². The summed E-state index contributed by atoms with van der Waals surface area (Å²) in [6.07, 6.45) is 2.80. The van der Waals surface area contributed by atoms with E-state index in [0.717, 1.165) is 5.56 Å². The fraction of sp³-hybridized carbons (Fsp3) is 0.514. The molecule has 0 saturated heterocycles. The maximum Gasteiger partial charge on any atom is 0.326 e. The van der Waals surface area contributed by atoms with E-state index in [9.17, 15) is 33.9 Å². The number of hydrogen-bond donors (Lipinski definition) is 9. The van der Waals surface area contributed by atoms with Gasteiger partial charge in [-0.2, -0.15) is 0 Å². The summed E-state index contributed by atoms with van der Waals surface area (Å²) in [4.78, 5) is 86.6. The largest absolute Gasteiger partial charge is 0.480 e. The molecule has 54 heavy (non-hydrogen) atoms. The molecule has 0 unspecified atom stereocenters. The summed E-state index contributed by atoms with van der Waals surface area (Å²) in [5.41, 5.74) is 18.3. The lowest BCUT2D eigenvalue weighted by molar-refractivity contribution is -0.142. The monoisotopic (exact) mass is 752 g/mol. The molecule has 1 aromatic heterocycles. The highest BCUT2D eigenvalue weighted by atomic mass is 16.4. The number of rotatable bonds is 23. The van der Waals surface area contributed by atoms with E-state index in [2.05, 4.69) is 36.6 Å². The molecule has 17 nitrogen and oxygen atoms in total. The Morgan fingerprint density at radius 1 is 0.796 bits per heavy atom. The van der Waals surface area contributed by atoms with Crippen LogP contribution in [0.3, 0.4) is 0 Å². The van der Waals surface area contributed by atoms with E-state index in [1.165, 1.54) is 0 Å². The van der Waals surface area contributed by atoms with Crippen molar-refractivity contribution in [3.8, 4) is 0 Å². The molecule has 6 atom stereocenters. The quantitative estimate of drug-likeness (QED) is 0.0396. The summed E-state index contributed by atoms with van der Waals surface area (Å²) in [6, 6.07) is 8.81. The third-order valence-electron chi connectivity index (χ3n) is 8.54. The zero-order valence-electron chi connectivity index (χ0n) is 31.4. The molecule has 0 saturated carbocycles. The lowest BCUT2D eigenvalue weighted by atomic mass is 9.97. The predicted octanol–water partition coefficient (Wildman–Crippen LogP) is -0.520. The number of nitrogens with zero attached hydrogens (tertiary/aromatic N) is 2. The number of aromatic nitrogens is 1. The normalized spacial score (nSPS) is 14.3. The van der Waals surface area contributed by atoms with Gasteiger partial charge in [0.15, 0.2) is 5.96 Å². The maximum absolute atomic E-state index is 13.8. The van der Waals surface area contributed by atoms with Gasteiger partial charge in [-0.1, -0.05) is 70.5 Å². The number of aliphatic imine (C=N–C) groups is 1. The topological polar surface area (TPSA) is 286 Å². The summed E-state index contributed by atoms with van der Waals surface area (Å²) in [7, 11) is 0. The molecule has 12 N–H and O–H groups in total. The van der Waals surface area contributed by atoms with Crippen LogP contribution in [-0.4, -0.2) is 94.9 Å². The van der Waals surface area contributed by atoms with Gasteiger partial charge in [-0.15, -0.1) is 0 Å². The van der Waals surface area contributed by atoms with Crippen LogP contribution in [0.5, 0.6) is 0 Å². The van der Waals surface area contributed by atoms with Gasteiger partial charge in [0.1, 0.15) is 24.2 Å². The highest BCUT2D eigenvalue weighted by molar-refractivity contribution is 5.95. The highest BCUT2D eigenvalue weighted by Gasteiger charge is 2.32. The molecular weight excluding hydrogens is 696 g/mol. The zero-order chi connectivity index (χ0) is 40.2. The number of nitrogens with two attached hydrogens (primary N) is 3. The Morgan fingerprint density at radius 3 is 2.04 bits per heavy atom. The third-order valence-corrected chi connectivity index (χ3v) is 8.54. The van der Waals surface area contributed by atoms with Crippen molar-refractivity contribution in [3.63, 3.8) is 0 Å². The van der Waals surface area contributed by atoms with Gasteiger partial charge in [0.2, 0.25) is 29.5 Å². The minimum Gasteiger partial charge on any atom is -0.480 e. The average Bonchev–Trinajstić information content (AvgIpc) is 3.13. The van der Waals surface area contributed by atoms with Crippen LogP contribution in [0.4, 0.5) is 0 Å². The number of benzene rings is 1. The first-order valence-electron chi connectivity index (χ1n) is 18.1. The van der Waals surface area contributed by atoms with Crippen LogP contribution in [0.2, 0.25) is 0 Å². The molecule has 0 spiro atoms. The molecule has 2 aromatic rings. The molecule has 2 rings (SSSR count). The molecule has 1 heterocycles. The van der Waals surface area contributed by atoms with Gasteiger partial charge in [0.05, 0.1) is 12.6 Å². The lowest BCUT2D eigenvalue weighted by Gasteiger charge is -2.27. The van der Waals surface area contributed by atoms with Gasteiger partial charge in [0.25, 0.3) is 0 Å². The van der Waals surface area contributed by atoms with E-state index < -0.39 is 78.2 Å². The van der Waals surface area contributed by atoms with Crippen LogP contribution in [0.1, 0.15) is 64.6 Å². The van der Waals surface area contributed by atoms with Crippen molar-refractivity contribution in [2.24, 2.45) is 34.0 Å². The second-order valence-electron chi connectivity index (χ2n) is 13.6. The predicted molar refractivity (Wildman–Crippen MR) is 203 cm³/mol. The van der Waals surface area contributed by atoms with Crippen molar-refractivity contribution in [1.29, 1.82) is 0 Å². The Hall–Kier alpha value is -5.58. The summed E-state index contributed by atoms with van der Waals surface area (Å²) in [5, 5.41) is 22.6. The molecule has 0 aliphatic carbocycles. The van der Waals surface area contributed by atoms with E-state index >= 15 is 0 Å². The van der Waals surface area contributed by atoms with Crippen LogP contribution >= 0.6 is 0 Å². The summed E-state index contributed by atoms with van der Waals surface area (Å²) < 4.78 is 0. The number of pyridine rings is 1. The molecule has 17 heteroatoms. The number of guanidine groups is 1. The summed E-state index contributed by atoms with van der Waals surface area (Å²) in [6.45, 7) is 6.80. The van der Waals surface area contributed by atoms with Gasteiger partial charge in [0, 0.05) is 24.9 Å². The van der Waals surface area contributed by atoms with Gasteiger partial charge in [-0.05, 0) is 55.2 Å². The number of carbonyl (C=O) groups is 6. The van der Waals surface area contributed by atoms with E-state index in [4.69, 9.17) is 17.2 Å². The standard InChI is InChI=1S/C37H56N10O7/c1-5-23(4)31(47-34(51)28(20-25-14-9-10-16-41-25)45-32(49)26(38)19-24-12-7-6-8-13-24)35(52)43-21-30(48)44-27(15-11-17-42-37(39)40)33(50)46-29(36(53)54)18-22(2)3/h6-10,12-14,16,22-23,26-29,31H,5,11,15,17-21,38H2,1-4H3,(H,43,52)(H,44,48)(H,45,49)(H,46,50)(H,47,51)(H,53,54)(H4,39,40,42)/t23-,26-,27-,28-,29-,31-/m0/s1. The molecule has 5 amide bonds. The second kappa shape index (κ2) is 23.2. The van der Waals surface area contributed by atoms with Crippen molar-refractivity contribution in [2.75, 3.05) is 13.1 Å². The fourth-order valence-corrected chi connectivity index (χ4v) is 5.39. The first-order valence-corrected chi connectivity index (χ1v) is 18.1. The smallest absolute Gasteiger partial charge is 0.326 e. The number of amides is 5. The fourth-order valence-electron chi connectivity index (χ4n) is 5.39. The first kappa shape index (κ1) is 44.6. The number of hydrogen-bond acceptors (Lipinski definition) is 9. The van der Waals surface area contributed by atoms with E-state index in [1.54, 1.807) is 31.3 Å². The minimum absolute atomic E-state index is 0.0141. The SMILES string of the molecule is CC[C@H](C)[C@H](NC(=O)[C@H](Cc1ccccn1)NC(=O)[C@@H](N)Cc1ccccc1)C(=O)NCC(=O)N[C@@H](CCCN=C(N)N)C(=O)N[C@@H](CC(C)C)C(=O)O. The van der Waals surface area contributed by atoms with Crippen molar-refractivity contribution < 1.29 is 33.9 Å². The molecular formula is C37H56N10O7. The number of carboxylic acid groups (broad SMARTS) is 1. The molecule has 0 radical (unpaired) electrons. The second-order valence-corrected chi connectivity index (χ2v) is 13.6. The van der Waals surface area contributed by atoms with Gasteiger partial charge < -0.3 is 48.9 Å². The highest BCUT2D eigenvalue weighted by Crippen LogP contribution is 2.11. The van der Waals surface area contributed by atoms with Crippen LogP contribution in [0.25, 0.3) is 0 Å². The molecule has 1 aromatic carbocycles.